The zero-order chi connectivity index (χ0) is 21.3. The second kappa shape index (κ2) is 10.5. The standard InChI is InChI=1S/C24H23NO4S/c1-28-19-14-12-18(13-15-19)23(17-8-4-3-5-9-17)25-22(26)16-29-24(27)20-10-6-7-11-21(20)30-2/h3-15,23H,16H2,1-2H3,(H,25,26)/t23-/m1/s1. The van der Waals surface area contributed by atoms with Crippen LogP contribution in [0.3, 0.4) is 0 Å². The van der Waals surface area contributed by atoms with Gasteiger partial charge in [0.15, 0.2) is 6.61 Å². The molecule has 0 unspecified atom stereocenters. The quantitative estimate of drug-likeness (QED) is 0.429. The molecule has 1 atom stereocenters. The number of methoxy groups -OCH3 is 1. The van der Waals surface area contributed by atoms with Gasteiger partial charge in [0.05, 0.1) is 18.7 Å². The number of amides is 1. The molecule has 0 aliphatic carbocycles. The van der Waals surface area contributed by atoms with Gasteiger partial charge in [-0.25, -0.2) is 4.79 Å². The predicted molar refractivity (Wildman–Crippen MR) is 118 cm³/mol. The molecule has 0 saturated heterocycles. The lowest BCUT2D eigenvalue weighted by atomic mass is 9.98. The van der Waals surface area contributed by atoms with E-state index in [1.807, 2.05) is 73.0 Å². The van der Waals surface area contributed by atoms with Gasteiger partial charge in [-0.1, -0.05) is 54.6 Å². The average molecular weight is 422 g/mol. The van der Waals surface area contributed by atoms with Crippen molar-refractivity contribution in [3.05, 3.63) is 95.6 Å². The topological polar surface area (TPSA) is 64.6 Å². The van der Waals surface area contributed by atoms with Crippen LogP contribution >= 0.6 is 11.8 Å². The molecule has 0 bridgehead atoms. The zero-order valence-electron chi connectivity index (χ0n) is 16.8. The monoisotopic (exact) mass is 421 g/mol. The Morgan fingerprint density at radius 3 is 2.20 bits per heavy atom. The van der Waals surface area contributed by atoms with Crippen LogP contribution < -0.4 is 10.1 Å². The summed E-state index contributed by atoms with van der Waals surface area (Å²) in [4.78, 5) is 25.8. The van der Waals surface area contributed by atoms with Gasteiger partial charge in [-0.2, -0.15) is 0 Å². The van der Waals surface area contributed by atoms with E-state index in [0.717, 1.165) is 21.8 Å². The molecular weight excluding hydrogens is 398 g/mol. The van der Waals surface area contributed by atoms with E-state index in [0.29, 0.717) is 5.56 Å². The molecule has 0 aliphatic rings. The number of hydrogen-bond acceptors (Lipinski definition) is 5. The van der Waals surface area contributed by atoms with E-state index in [1.54, 1.807) is 19.2 Å². The molecular formula is C24H23NO4S. The molecule has 3 rings (SSSR count). The third-order valence-corrected chi connectivity index (χ3v) is 5.34. The fourth-order valence-corrected chi connectivity index (χ4v) is 3.61. The van der Waals surface area contributed by atoms with E-state index < -0.39 is 5.97 Å². The lowest BCUT2D eigenvalue weighted by molar-refractivity contribution is -0.124. The molecule has 1 N–H and O–H groups in total. The first-order chi connectivity index (χ1) is 14.6. The van der Waals surface area contributed by atoms with Crippen LogP contribution in [0.2, 0.25) is 0 Å². The number of esters is 1. The van der Waals surface area contributed by atoms with Crippen LogP contribution in [0.1, 0.15) is 27.5 Å². The van der Waals surface area contributed by atoms with E-state index >= 15 is 0 Å². The normalized spacial score (nSPS) is 11.4. The van der Waals surface area contributed by atoms with E-state index in [-0.39, 0.29) is 18.6 Å². The second-order valence-electron chi connectivity index (χ2n) is 6.46. The van der Waals surface area contributed by atoms with Crippen molar-refractivity contribution in [1.82, 2.24) is 5.32 Å². The first-order valence-electron chi connectivity index (χ1n) is 9.40. The fraction of sp³-hybridized carbons (Fsp3) is 0.167. The average Bonchev–Trinajstić information content (AvgIpc) is 2.81. The molecule has 0 aliphatic heterocycles. The number of thioether (sulfide) groups is 1. The molecule has 3 aromatic rings. The zero-order valence-corrected chi connectivity index (χ0v) is 17.6. The number of ether oxygens (including phenoxy) is 2. The largest absolute Gasteiger partial charge is 0.497 e. The summed E-state index contributed by atoms with van der Waals surface area (Å²) in [6, 6.07) is 23.9. The molecule has 6 heteroatoms. The smallest absolute Gasteiger partial charge is 0.339 e. The molecule has 3 aromatic carbocycles. The lowest BCUT2D eigenvalue weighted by Crippen LogP contribution is -2.33. The molecule has 0 heterocycles. The number of carbonyl (C=O) groups excluding carboxylic acids is 2. The van der Waals surface area contributed by atoms with Crippen molar-refractivity contribution in [2.45, 2.75) is 10.9 Å². The minimum Gasteiger partial charge on any atom is -0.497 e. The number of rotatable bonds is 8. The molecule has 30 heavy (non-hydrogen) atoms. The Bertz CT molecular complexity index is 990. The van der Waals surface area contributed by atoms with Gasteiger partial charge in [0.1, 0.15) is 5.75 Å². The maximum atomic E-state index is 12.6. The second-order valence-corrected chi connectivity index (χ2v) is 7.31. The van der Waals surface area contributed by atoms with Crippen LogP contribution in [0.25, 0.3) is 0 Å². The van der Waals surface area contributed by atoms with Crippen molar-refractivity contribution in [3.8, 4) is 5.75 Å². The molecule has 1 amide bonds. The highest BCUT2D eigenvalue weighted by Crippen LogP contribution is 2.24. The Labute approximate surface area is 180 Å². The van der Waals surface area contributed by atoms with Gasteiger partial charge in [-0.05, 0) is 41.6 Å². The van der Waals surface area contributed by atoms with Gasteiger partial charge >= 0.3 is 5.97 Å². The maximum absolute atomic E-state index is 12.6. The summed E-state index contributed by atoms with van der Waals surface area (Å²) in [7, 11) is 1.61. The van der Waals surface area contributed by atoms with Crippen molar-refractivity contribution in [3.63, 3.8) is 0 Å². The van der Waals surface area contributed by atoms with E-state index in [4.69, 9.17) is 9.47 Å². The van der Waals surface area contributed by atoms with Crippen LogP contribution in [-0.4, -0.2) is 31.8 Å². The summed E-state index contributed by atoms with van der Waals surface area (Å²) in [6.07, 6.45) is 1.89. The van der Waals surface area contributed by atoms with Gasteiger partial charge in [0.25, 0.3) is 5.91 Å². The maximum Gasteiger partial charge on any atom is 0.339 e. The van der Waals surface area contributed by atoms with Crippen LogP contribution in [-0.2, 0) is 9.53 Å². The van der Waals surface area contributed by atoms with Crippen LogP contribution in [0.4, 0.5) is 0 Å². The van der Waals surface area contributed by atoms with Gasteiger partial charge < -0.3 is 14.8 Å². The van der Waals surface area contributed by atoms with Crippen molar-refractivity contribution in [1.29, 1.82) is 0 Å². The first-order valence-corrected chi connectivity index (χ1v) is 10.6. The minimum atomic E-state index is -0.518. The number of hydrogen-bond donors (Lipinski definition) is 1. The Balaban J connectivity index is 1.71. The van der Waals surface area contributed by atoms with Gasteiger partial charge in [0, 0.05) is 4.90 Å². The molecule has 0 fully saturated rings. The summed E-state index contributed by atoms with van der Waals surface area (Å²) < 4.78 is 10.5. The highest BCUT2D eigenvalue weighted by molar-refractivity contribution is 7.98. The summed E-state index contributed by atoms with van der Waals surface area (Å²) in [5.74, 6) is -0.163. The summed E-state index contributed by atoms with van der Waals surface area (Å²) >= 11 is 1.45. The molecule has 0 radical (unpaired) electrons. The number of benzene rings is 3. The fourth-order valence-electron chi connectivity index (χ4n) is 3.03. The highest BCUT2D eigenvalue weighted by Gasteiger charge is 2.19. The van der Waals surface area contributed by atoms with Gasteiger partial charge in [-0.15, -0.1) is 11.8 Å². The molecule has 154 valence electrons. The Hall–Kier alpha value is -3.25. The van der Waals surface area contributed by atoms with Crippen LogP contribution in [0.5, 0.6) is 5.75 Å². The van der Waals surface area contributed by atoms with Crippen molar-refractivity contribution in [2.24, 2.45) is 0 Å². The third-order valence-electron chi connectivity index (χ3n) is 4.55. The Morgan fingerprint density at radius 2 is 1.53 bits per heavy atom. The Kier molecular flexibility index (Phi) is 7.51. The van der Waals surface area contributed by atoms with Crippen molar-refractivity contribution >= 4 is 23.6 Å². The molecule has 0 aromatic heterocycles. The third kappa shape index (κ3) is 5.42. The predicted octanol–water partition coefficient (Wildman–Crippen LogP) is 4.48. The van der Waals surface area contributed by atoms with Crippen LogP contribution in [0, 0.1) is 0 Å². The highest BCUT2D eigenvalue weighted by atomic mass is 32.2. The van der Waals surface area contributed by atoms with Gasteiger partial charge in [0.2, 0.25) is 0 Å². The minimum absolute atomic E-state index is 0.360. The van der Waals surface area contributed by atoms with Crippen molar-refractivity contribution < 1.29 is 19.1 Å². The van der Waals surface area contributed by atoms with Gasteiger partial charge in [-0.3, -0.25) is 4.79 Å². The lowest BCUT2D eigenvalue weighted by Gasteiger charge is -2.20. The SMILES string of the molecule is COc1ccc([C@H](NC(=O)COC(=O)c2ccccc2SC)c2ccccc2)cc1. The van der Waals surface area contributed by atoms with E-state index in [2.05, 4.69) is 5.32 Å². The van der Waals surface area contributed by atoms with Crippen molar-refractivity contribution in [2.75, 3.05) is 20.0 Å². The number of carbonyl (C=O) groups is 2. The summed E-state index contributed by atoms with van der Waals surface area (Å²) in [6.45, 7) is -0.360. The molecule has 0 spiro atoms. The van der Waals surface area contributed by atoms with E-state index in [1.165, 1.54) is 11.8 Å². The number of nitrogens with one attached hydrogen (secondary N) is 1. The molecule has 5 nitrogen and oxygen atoms in total. The summed E-state index contributed by atoms with van der Waals surface area (Å²) in [5, 5.41) is 2.96. The molecule has 0 saturated carbocycles. The van der Waals surface area contributed by atoms with Crippen LogP contribution in [0.15, 0.2) is 83.8 Å². The Morgan fingerprint density at radius 1 is 0.900 bits per heavy atom. The summed E-state index contributed by atoms with van der Waals surface area (Å²) in [5.41, 5.74) is 2.28. The van der Waals surface area contributed by atoms with E-state index in [9.17, 15) is 9.59 Å². The first kappa shape index (κ1) is 21.5.